The van der Waals surface area contributed by atoms with E-state index in [-0.39, 0.29) is 11.3 Å². The Bertz CT molecular complexity index is 1430. The number of hydrogen-bond acceptors (Lipinski definition) is 3. The molecule has 0 aromatic heterocycles. The molecule has 0 bridgehead atoms. The number of rotatable bonds is 3. The Morgan fingerprint density at radius 3 is 2.33 bits per heavy atom. The van der Waals surface area contributed by atoms with Crippen LogP contribution in [0, 0.1) is 6.92 Å². The molecule has 0 spiro atoms. The largest absolute Gasteiger partial charge is 0.507 e. The van der Waals surface area contributed by atoms with Crippen molar-refractivity contribution < 1.29 is 14.7 Å². The summed E-state index contributed by atoms with van der Waals surface area (Å²) in [5.41, 5.74) is 2.84. The number of halogens is 1. The number of amides is 1. The lowest BCUT2D eigenvalue weighted by molar-refractivity contribution is -0.132. The monoisotopic (exact) mass is 453 g/mol. The van der Waals surface area contributed by atoms with E-state index in [0.717, 1.165) is 21.9 Å². The highest BCUT2D eigenvalue weighted by molar-refractivity contribution is 6.51. The molecule has 4 nitrogen and oxygen atoms in total. The van der Waals surface area contributed by atoms with Crippen molar-refractivity contribution in [1.29, 1.82) is 0 Å². The molecule has 1 aliphatic rings. The Morgan fingerprint density at radius 2 is 1.58 bits per heavy atom. The second-order valence-electron chi connectivity index (χ2n) is 8.09. The number of fused-ring (bicyclic) bond motifs is 1. The Labute approximate surface area is 196 Å². The standard InChI is InChI=1S/C28H20ClNO3/c1-17-6-4-9-19(16-17)25-24(26(31)23-11-5-8-18-7-2-3-10-22(18)23)27(32)28(33)30(25)21-14-12-20(29)13-15-21/h2-16,25,31H,1H3/b26-24-. The van der Waals surface area contributed by atoms with Gasteiger partial charge in [-0.05, 0) is 47.5 Å². The molecular weight excluding hydrogens is 434 g/mol. The lowest BCUT2D eigenvalue weighted by Gasteiger charge is -2.26. The number of carbonyl (C=O) groups is 2. The smallest absolute Gasteiger partial charge is 0.300 e. The maximum absolute atomic E-state index is 13.3. The quantitative estimate of drug-likeness (QED) is 0.221. The number of nitrogens with zero attached hydrogens (tertiary/aromatic N) is 1. The van der Waals surface area contributed by atoms with Gasteiger partial charge in [0.25, 0.3) is 11.7 Å². The van der Waals surface area contributed by atoms with Crippen molar-refractivity contribution >= 4 is 45.5 Å². The van der Waals surface area contributed by atoms with Crippen LogP contribution in [0.15, 0.2) is 96.6 Å². The third-order valence-electron chi connectivity index (χ3n) is 5.95. The summed E-state index contributed by atoms with van der Waals surface area (Å²) in [6.07, 6.45) is 0. The van der Waals surface area contributed by atoms with E-state index >= 15 is 0 Å². The zero-order valence-electron chi connectivity index (χ0n) is 17.8. The second-order valence-corrected chi connectivity index (χ2v) is 8.52. The van der Waals surface area contributed by atoms with Crippen molar-refractivity contribution in [3.05, 3.63) is 118 Å². The molecule has 0 radical (unpaired) electrons. The summed E-state index contributed by atoms with van der Waals surface area (Å²) in [4.78, 5) is 28.0. The lowest BCUT2D eigenvalue weighted by Crippen LogP contribution is -2.29. The average molecular weight is 454 g/mol. The van der Waals surface area contributed by atoms with Crippen molar-refractivity contribution in [2.24, 2.45) is 0 Å². The molecule has 4 aromatic carbocycles. The van der Waals surface area contributed by atoms with Crippen molar-refractivity contribution in [2.75, 3.05) is 4.90 Å². The number of aryl methyl sites for hydroxylation is 1. The van der Waals surface area contributed by atoms with E-state index in [4.69, 9.17) is 11.6 Å². The molecule has 1 saturated heterocycles. The minimum absolute atomic E-state index is 0.0666. The number of carbonyl (C=O) groups excluding carboxylic acids is 2. The highest BCUT2D eigenvalue weighted by Gasteiger charge is 2.47. The van der Waals surface area contributed by atoms with Gasteiger partial charge in [0.1, 0.15) is 5.76 Å². The molecule has 1 atom stereocenters. The van der Waals surface area contributed by atoms with Crippen molar-refractivity contribution in [1.82, 2.24) is 0 Å². The summed E-state index contributed by atoms with van der Waals surface area (Å²) < 4.78 is 0. The van der Waals surface area contributed by atoms with Crippen LogP contribution < -0.4 is 4.90 Å². The number of benzene rings is 4. The van der Waals surface area contributed by atoms with E-state index in [1.165, 1.54) is 4.90 Å². The number of aliphatic hydroxyl groups is 1. The number of Topliss-reactive ketones (excluding diaryl/α,β-unsaturated/α-hetero) is 1. The highest BCUT2D eigenvalue weighted by atomic mass is 35.5. The van der Waals surface area contributed by atoms with Crippen LogP contribution in [-0.4, -0.2) is 16.8 Å². The Hall–Kier alpha value is -3.89. The summed E-state index contributed by atoms with van der Waals surface area (Å²) in [6.45, 7) is 1.95. The molecule has 1 unspecified atom stereocenters. The SMILES string of the molecule is Cc1cccc(C2/C(=C(/O)c3cccc4ccccc34)C(=O)C(=O)N2c2ccc(Cl)cc2)c1. The van der Waals surface area contributed by atoms with Gasteiger partial charge in [-0.25, -0.2) is 0 Å². The van der Waals surface area contributed by atoms with E-state index < -0.39 is 17.7 Å². The molecule has 0 aliphatic carbocycles. The fraction of sp³-hybridized carbons (Fsp3) is 0.0714. The van der Waals surface area contributed by atoms with Crippen LogP contribution in [0.3, 0.4) is 0 Å². The van der Waals surface area contributed by atoms with E-state index in [2.05, 4.69) is 0 Å². The summed E-state index contributed by atoms with van der Waals surface area (Å²) in [5, 5.41) is 13.7. The first-order chi connectivity index (χ1) is 16.0. The first-order valence-electron chi connectivity index (χ1n) is 10.6. The minimum atomic E-state index is -0.773. The predicted octanol–water partition coefficient (Wildman–Crippen LogP) is 6.43. The van der Waals surface area contributed by atoms with Crippen molar-refractivity contribution in [3.63, 3.8) is 0 Å². The second kappa shape index (κ2) is 8.23. The maximum atomic E-state index is 13.3. The zero-order chi connectivity index (χ0) is 23.1. The van der Waals surface area contributed by atoms with Crippen LogP contribution in [0.2, 0.25) is 5.02 Å². The number of aliphatic hydroxyl groups excluding tert-OH is 1. The van der Waals surface area contributed by atoms with Gasteiger partial charge in [-0.3, -0.25) is 14.5 Å². The normalized spacial score (nSPS) is 17.6. The predicted molar refractivity (Wildman–Crippen MR) is 131 cm³/mol. The third-order valence-corrected chi connectivity index (χ3v) is 6.20. The van der Waals surface area contributed by atoms with Gasteiger partial charge in [0, 0.05) is 16.3 Å². The summed E-state index contributed by atoms with van der Waals surface area (Å²) in [6, 6.07) is 26.8. The molecule has 4 aromatic rings. The number of hydrogen-bond donors (Lipinski definition) is 1. The van der Waals surface area contributed by atoms with Gasteiger partial charge in [0.05, 0.1) is 11.6 Å². The number of ketones is 1. The topological polar surface area (TPSA) is 57.6 Å². The Balaban J connectivity index is 1.78. The first kappa shape index (κ1) is 21.0. The zero-order valence-corrected chi connectivity index (χ0v) is 18.6. The fourth-order valence-electron chi connectivity index (χ4n) is 4.43. The highest BCUT2D eigenvalue weighted by Crippen LogP contribution is 2.43. The van der Waals surface area contributed by atoms with Gasteiger partial charge in [-0.15, -0.1) is 0 Å². The van der Waals surface area contributed by atoms with Crippen molar-refractivity contribution in [3.8, 4) is 0 Å². The van der Waals surface area contributed by atoms with Gasteiger partial charge < -0.3 is 5.11 Å². The molecule has 1 fully saturated rings. The van der Waals surface area contributed by atoms with Crippen LogP contribution in [-0.2, 0) is 9.59 Å². The molecule has 5 rings (SSSR count). The number of anilines is 1. The van der Waals surface area contributed by atoms with Crippen LogP contribution in [0.5, 0.6) is 0 Å². The Morgan fingerprint density at radius 1 is 0.879 bits per heavy atom. The molecule has 1 N–H and O–H groups in total. The Kier molecular flexibility index (Phi) is 5.23. The maximum Gasteiger partial charge on any atom is 0.300 e. The van der Waals surface area contributed by atoms with E-state index in [9.17, 15) is 14.7 Å². The van der Waals surface area contributed by atoms with Crippen LogP contribution in [0.25, 0.3) is 16.5 Å². The molecule has 33 heavy (non-hydrogen) atoms. The van der Waals surface area contributed by atoms with E-state index in [1.54, 1.807) is 30.3 Å². The summed E-state index contributed by atoms with van der Waals surface area (Å²) in [7, 11) is 0. The van der Waals surface area contributed by atoms with E-state index in [0.29, 0.717) is 16.3 Å². The molecule has 5 heteroatoms. The van der Waals surface area contributed by atoms with Gasteiger partial charge in [0.15, 0.2) is 0 Å². The molecular formula is C28H20ClNO3. The van der Waals surface area contributed by atoms with Crippen LogP contribution >= 0.6 is 11.6 Å². The van der Waals surface area contributed by atoms with Gasteiger partial charge in [0.2, 0.25) is 0 Å². The molecule has 1 amide bonds. The lowest BCUT2D eigenvalue weighted by atomic mass is 9.92. The third kappa shape index (κ3) is 3.59. The molecule has 0 saturated carbocycles. The van der Waals surface area contributed by atoms with Gasteiger partial charge in [-0.2, -0.15) is 0 Å². The summed E-state index contributed by atoms with van der Waals surface area (Å²) in [5.74, 6) is -1.60. The van der Waals surface area contributed by atoms with Crippen LogP contribution in [0.1, 0.15) is 22.7 Å². The molecule has 1 aliphatic heterocycles. The van der Waals surface area contributed by atoms with E-state index in [1.807, 2.05) is 67.6 Å². The van der Waals surface area contributed by atoms with Gasteiger partial charge in [-0.1, -0.05) is 83.9 Å². The molecule has 162 valence electrons. The summed E-state index contributed by atoms with van der Waals surface area (Å²) >= 11 is 6.05. The van der Waals surface area contributed by atoms with Crippen molar-refractivity contribution in [2.45, 2.75) is 13.0 Å². The fourth-order valence-corrected chi connectivity index (χ4v) is 4.56. The minimum Gasteiger partial charge on any atom is -0.507 e. The first-order valence-corrected chi connectivity index (χ1v) is 10.9. The van der Waals surface area contributed by atoms with Crippen LogP contribution in [0.4, 0.5) is 5.69 Å². The average Bonchev–Trinajstić information content (AvgIpc) is 3.09. The van der Waals surface area contributed by atoms with Gasteiger partial charge >= 0.3 is 0 Å². The molecule has 1 heterocycles.